The van der Waals surface area contributed by atoms with Crippen molar-refractivity contribution in [2.24, 2.45) is 5.73 Å². The van der Waals surface area contributed by atoms with E-state index in [1.807, 2.05) is 91.9 Å². The summed E-state index contributed by atoms with van der Waals surface area (Å²) in [7, 11) is 4.77. The second-order valence-electron chi connectivity index (χ2n) is 10.2. The van der Waals surface area contributed by atoms with Crippen LogP contribution in [-0.2, 0) is 32.0 Å². The summed E-state index contributed by atoms with van der Waals surface area (Å²) in [5.41, 5.74) is 9.90. The van der Waals surface area contributed by atoms with Crippen LogP contribution >= 0.6 is 0 Å². The summed E-state index contributed by atoms with van der Waals surface area (Å²) in [6.45, 7) is 2.02. The van der Waals surface area contributed by atoms with Crippen LogP contribution in [0.2, 0.25) is 0 Å². The third-order valence-corrected chi connectivity index (χ3v) is 7.35. The molecular weight excluding hydrogens is 516 g/mol. The highest BCUT2D eigenvalue weighted by Gasteiger charge is 2.35. The quantitative estimate of drug-likeness (QED) is 0.316. The van der Waals surface area contributed by atoms with Gasteiger partial charge in [-0.05, 0) is 28.7 Å². The fourth-order valence-electron chi connectivity index (χ4n) is 4.57. The van der Waals surface area contributed by atoms with Gasteiger partial charge < -0.3 is 25.6 Å². The van der Waals surface area contributed by atoms with Gasteiger partial charge in [0.15, 0.2) is 0 Å². The van der Waals surface area contributed by atoms with Gasteiger partial charge in [0.25, 0.3) is 0 Å². The molecule has 0 aliphatic heterocycles. The van der Waals surface area contributed by atoms with Gasteiger partial charge in [0, 0.05) is 40.0 Å². The van der Waals surface area contributed by atoms with Crippen LogP contribution < -0.4 is 11.1 Å². The average molecular weight is 559 g/mol. The van der Waals surface area contributed by atoms with Crippen molar-refractivity contribution in [2.75, 3.05) is 34.4 Å². The van der Waals surface area contributed by atoms with Gasteiger partial charge in [-0.3, -0.25) is 14.4 Å². The first-order chi connectivity index (χ1) is 19.7. The molecule has 3 amide bonds. The lowest BCUT2D eigenvalue weighted by atomic mass is 9.98. The minimum absolute atomic E-state index is 0.161. The summed E-state index contributed by atoms with van der Waals surface area (Å²) < 4.78 is 5.55. The zero-order valence-electron chi connectivity index (χ0n) is 24.5. The van der Waals surface area contributed by atoms with Crippen molar-refractivity contribution in [3.63, 3.8) is 0 Å². The molecule has 8 heteroatoms. The molecule has 8 nitrogen and oxygen atoms in total. The fourth-order valence-corrected chi connectivity index (χ4v) is 4.57. The molecule has 3 atom stereocenters. The summed E-state index contributed by atoms with van der Waals surface area (Å²) in [6, 6.07) is 25.8. The van der Waals surface area contributed by atoms with E-state index in [-0.39, 0.29) is 43.4 Å². The number of carbonyl (C=O) groups excluding carboxylic acids is 3. The van der Waals surface area contributed by atoms with Gasteiger partial charge in [0.05, 0.1) is 6.61 Å². The minimum Gasteiger partial charge on any atom is -0.370 e. The van der Waals surface area contributed by atoms with Crippen LogP contribution in [0.15, 0.2) is 84.9 Å². The molecular formula is C33H42N4O4. The van der Waals surface area contributed by atoms with E-state index in [1.54, 1.807) is 21.1 Å². The van der Waals surface area contributed by atoms with Crippen LogP contribution in [-0.4, -0.2) is 80.0 Å². The zero-order valence-corrected chi connectivity index (χ0v) is 24.5. The number of nitrogens with one attached hydrogen (secondary N) is 1. The van der Waals surface area contributed by atoms with Gasteiger partial charge in [-0.1, -0.05) is 91.9 Å². The molecule has 3 aromatic rings. The number of carbonyl (C=O) groups is 3. The molecule has 0 radical (unpaired) electrons. The first-order valence-corrected chi connectivity index (χ1v) is 14.0. The molecule has 3 aromatic carbocycles. The number of amides is 3. The Bertz CT molecular complexity index is 1250. The Morgan fingerprint density at radius 2 is 1.32 bits per heavy atom. The third kappa shape index (κ3) is 8.99. The minimum atomic E-state index is -0.846. The molecule has 0 unspecified atom stereocenters. The van der Waals surface area contributed by atoms with E-state index < -0.39 is 12.1 Å². The van der Waals surface area contributed by atoms with Crippen LogP contribution in [0.25, 0.3) is 11.1 Å². The highest BCUT2D eigenvalue weighted by molar-refractivity contribution is 5.92. The highest BCUT2D eigenvalue weighted by atomic mass is 16.5. The Morgan fingerprint density at radius 1 is 0.780 bits per heavy atom. The maximum atomic E-state index is 14.1. The number of rotatable bonds is 14. The van der Waals surface area contributed by atoms with Crippen molar-refractivity contribution >= 4 is 17.7 Å². The van der Waals surface area contributed by atoms with Crippen LogP contribution in [0, 0.1) is 0 Å². The third-order valence-electron chi connectivity index (χ3n) is 7.35. The van der Waals surface area contributed by atoms with E-state index in [2.05, 4.69) is 5.32 Å². The Morgan fingerprint density at radius 3 is 1.90 bits per heavy atom. The number of hydrogen-bond donors (Lipinski definition) is 2. The molecule has 3 N–H and O–H groups in total. The number of ether oxygens (including phenoxy) is 1. The molecule has 41 heavy (non-hydrogen) atoms. The van der Waals surface area contributed by atoms with Gasteiger partial charge in [0.2, 0.25) is 17.7 Å². The zero-order chi connectivity index (χ0) is 29.8. The van der Waals surface area contributed by atoms with Gasteiger partial charge in [-0.25, -0.2) is 0 Å². The molecule has 0 aromatic heterocycles. The number of likely N-dealkylation sites (N-methyl/N-ethyl adjacent to an activating group) is 3. The summed E-state index contributed by atoms with van der Waals surface area (Å²) >= 11 is 0. The molecule has 3 rings (SSSR count). The van der Waals surface area contributed by atoms with Gasteiger partial charge in [-0.2, -0.15) is 0 Å². The Labute approximate surface area is 243 Å². The topological polar surface area (TPSA) is 105 Å². The molecule has 0 saturated carbocycles. The lowest BCUT2D eigenvalue weighted by Gasteiger charge is -2.34. The van der Waals surface area contributed by atoms with E-state index in [1.165, 1.54) is 9.80 Å². The molecule has 0 aliphatic rings. The van der Waals surface area contributed by atoms with Crippen molar-refractivity contribution in [3.05, 3.63) is 96.1 Å². The van der Waals surface area contributed by atoms with Crippen molar-refractivity contribution in [1.82, 2.24) is 15.1 Å². The molecule has 0 aliphatic carbocycles. The number of nitrogens with zero attached hydrogens (tertiary/aromatic N) is 2. The molecule has 0 saturated heterocycles. The van der Waals surface area contributed by atoms with Crippen LogP contribution in [0.1, 0.15) is 24.5 Å². The number of hydrogen-bond acceptors (Lipinski definition) is 5. The normalized spacial score (nSPS) is 13.1. The maximum Gasteiger partial charge on any atom is 0.249 e. The summed E-state index contributed by atoms with van der Waals surface area (Å²) in [5, 5.41) is 2.68. The average Bonchev–Trinajstić information content (AvgIpc) is 3.02. The van der Waals surface area contributed by atoms with Crippen LogP contribution in [0.3, 0.4) is 0 Å². The Kier molecular flexibility index (Phi) is 12.1. The van der Waals surface area contributed by atoms with Gasteiger partial charge >= 0.3 is 0 Å². The molecule has 0 bridgehead atoms. The largest absolute Gasteiger partial charge is 0.370 e. The lowest BCUT2D eigenvalue weighted by Crippen LogP contribution is -2.56. The van der Waals surface area contributed by atoms with E-state index in [0.29, 0.717) is 6.42 Å². The second kappa shape index (κ2) is 15.7. The Hall–Kier alpha value is -4.01. The van der Waals surface area contributed by atoms with E-state index >= 15 is 0 Å². The Balaban J connectivity index is 1.86. The monoisotopic (exact) mass is 558 g/mol. The van der Waals surface area contributed by atoms with Crippen LogP contribution in [0.4, 0.5) is 0 Å². The van der Waals surface area contributed by atoms with Crippen molar-refractivity contribution in [2.45, 2.75) is 44.3 Å². The summed E-state index contributed by atoms with van der Waals surface area (Å²) in [6.07, 6.45) is 1.36. The first kappa shape index (κ1) is 31.5. The molecule has 0 fully saturated rings. The summed E-state index contributed by atoms with van der Waals surface area (Å²) in [4.78, 5) is 43.0. The van der Waals surface area contributed by atoms with Gasteiger partial charge in [0.1, 0.15) is 18.7 Å². The van der Waals surface area contributed by atoms with Gasteiger partial charge in [-0.15, -0.1) is 0 Å². The SMILES string of the molecule is CC[C@@H](N)COCC(=O)N(C)[C@@H](Cc1ccc(-c2ccccc2)cc1)C(=O)N(C)[C@H](Cc1ccccc1)C(=O)NC. The smallest absolute Gasteiger partial charge is 0.249 e. The highest BCUT2D eigenvalue weighted by Crippen LogP contribution is 2.21. The number of benzene rings is 3. The van der Waals surface area contributed by atoms with Crippen molar-refractivity contribution in [3.8, 4) is 11.1 Å². The lowest BCUT2D eigenvalue weighted by molar-refractivity contribution is -0.149. The molecule has 218 valence electrons. The van der Waals surface area contributed by atoms with Crippen molar-refractivity contribution in [1.29, 1.82) is 0 Å². The predicted molar refractivity (Wildman–Crippen MR) is 162 cm³/mol. The second-order valence-corrected chi connectivity index (χ2v) is 10.2. The molecule has 0 heterocycles. The molecule has 0 spiro atoms. The van der Waals surface area contributed by atoms with E-state index in [0.717, 1.165) is 28.7 Å². The summed E-state index contributed by atoms with van der Waals surface area (Å²) in [5.74, 6) is -0.940. The van der Waals surface area contributed by atoms with E-state index in [9.17, 15) is 14.4 Å². The predicted octanol–water partition coefficient (Wildman–Crippen LogP) is 3.29. The van der Waals surface area contributed by atoms with E-state index in [4.69, 9.17) is 10.5 Å². The first-order valence-electron chi connectivity index (χ1n) is 14.0. The van der Waals surface area contributed by atoms with Crippen molar-refractivity contribution < 1.29 is 19.1 Å². The maximum absolute atomic E-state index is 14.1. The standard InChI is InChI=1S/C33H42N4O4/c1-5-28(34)22-41-23-31(38)36(3)30(21-25-16-18-27(19-17-25)26-14-10-7-11-15-26)33(40)37(4)29(32(39)35-2)20-24-12-8-6-9-13-24/h6-19,28-30H,5,20-23,34H2,1-4H3,(H,35,39)/t28-,29-,30+/m1/s1. The number of nitrogens with two attached hydrogens (primary N) is 1. The van der Waals surface area contributed by atoms with Crippen LogP contribution in [0.5, 0.6) is 0 Å². The fraction of sp³-hybridized carbons (Fsp3) is 0.364.